The maximum Gasteiger partial charge on any atom is 0.244 e. The largest absolute Gasteiger partial charge is 0.496 e. The summed E-state index contributed by atoms with van der Waals surface area (Å²) in [5, 5.41) is 3.89. The maximum atomic E-state index is 12.0. The van der Waals surface area contributed by atoms with Crippen LogP contribution >= 0.6 is 0 Å². The number of carbonyl (C=O) groups is 1. The van der Waals surface area contributed by atoms with E-state index in [1.165, 1.54) is 0 Å². The van der Waals surface area contributed by atoms with E-state index >= 15 is 0 Å². The molecule has 1 aromatic heterocycles. The first kappa shape index (κ1) is 18.1. The third kappa shape index (κ3) is 3.97. The summed E-state index contributed by atoms with van der Waals surface area (Å²) in [5.41, 5.74) is 3.63. The Hall–Kier alpha value is -2.27. The standard InChI is InChI=1S/C19H25NO4/c1-12(9-19(21)20-7-6-8-22-4)15-10-16-13(2)14(3)24-18(16)11-17(15)23-5/h9-11H,6-8H2,1-5H3,(H,20,21)/b12-9+. The van der Waals surface area contributed by atoms with Crippen molar-refractivity contribution in [1.29, 1.82) is 0 Å². The monoisotopic (exact) mass is 331 g/mol. The lowest BCUT2D eigenvalue weighted by Gasteiger charge is -2.10. The molecular formula is C19H25NO4. The van der Waals surface area contributed by atoms with Crippen molar-refractivity contribution in [1.82, 2.24) is 5.32 Å². The van der Waals surface area contributed by atoms with Crippen LogP contribution in [0.15, 0.2) is 22.6 Å². The highest BCUT2D eigenvalue weighted by Crippen LogP contribution is 2.34. The first-order chi connectivity index (χ1) is 11.5. The van der Waals surface area contributed by atoms with Gasteiger partial charge in [0, 0.05) is 43.4 Å². The first-order valence-electron chi connectivity index (χ1n) is 8.01. The lowest BCUT2D eigenvalue weighted by molar-refractivity contribution is -0.116. The van der Waals surface area contributed by atoms with Gasteiger partial charge in [-0.2, -0.15) is 0 Å². The van der Waals surface area contributed by atoms with E-state index < -0.39 is 0 Å². The van der Waals surface area contributed by atoms with E-state index in [1.54, 1.807) is 20.3 Å². The van der Waals surface area contributed by atoms with Crippen LogP contribution in [0.25, 0.3) is 16.5 Å². The van der Waals surface area contributed by atoms with Crippen LogP contribution in [0.5, 0.6) is 5.75 Å². The molecule has 0 saturated heterocycles. The molecule has 5 heteroatoms. The summed E-state index contributed by atoms with van der Waals surface area (Å²) in [6.07, 6.45) is 2.39. The van der Waals surface area contributed by atoms with E-state index in [2.05, 4.69) is 5.32 Å². The molecule has 0 aliphatic heterocycles. The van der Waals surface area contributed by atoms with Crippen LogP contribution in [0.1, 0.15) is 30.2 Å². The van der Waals surface area contributed by atoms with Gasteiger partial charge in [-0.15, -0.1) is 0 Å². The van der Waals surface area contributed by atoms with Crippen LogP contribution in [0, 0.1) is 13.8 Å². The molecule has 1 N–H and O–H groups in total. The smallest absolute Gasteiger partial charge is 0.244 e. The van der Waals surface area contributed by atoms with Crippen molar-refractivity contribution in [3.63, 3.8) is 0 Å². The second-order valence-electron chi connectivity index (χ2n) is 5.80. The molecule has 2 aromatic rings. The first-order valence-corrected chi connectivity index (χ1v) is 8.01. The number of amides is 1. The van der Waals surface area contributed by atoms with Gasteiger partial charge in [0.25, 0.3) is 0 Å². The molecule has 0 spiro atoms. The molecule has 0 saturated carbocycles. The number of furan rings is 1. The van der Waals surface area contributed by atoms with Gasteiger partial charge in [-0.1, -0.05) is 0 Å². The molecule has 0 fully saturated rings. The van der Waals surface area contributed by atoms with Gasteiger partial charge in [-0.3, -0.25) is 4.79 Å². The van der Waals surface area contributed by atoms with Crippen molar-refractivity contribution in [2.75, 3.05) is 27.4 Å². The summed E-state index contributed by atoms with van der Waals surface area (Å²) >= 11 is 0. The van der Waals surface area contributed by atoms with Crippen molar-refractivity contribution in [3.8, 4) is 5.75 Å². The highest BCUT2D eigenvalue weighted by Gasteiger charge is 2.14. The molecule has 1 amide bonds. The summed E-state index contributed by atoms with van der Waals surface area (Å²) in [4.78, 5) is 12.0. The van der Waals surface area contributed by atoms with Gasteiger partial charge in [0.1, 0.15) is 17.1 Å². The lowest BCUT2D eigenvalue weighted by Crippen LogP contribution is -2.23. The van der Waals surface area contributed by atoms with E-state index in [9.17, 15) is 4.79 Å². The van der Waals surface area contributed by atoms with Crippen LogP contribution in [0.3, 0.4) is 0 Å². The summed E-state index contributed by atoms with van der Waals surface area (Å²) in [7, 11) is 3.26. The molecule has 130 valence electrons. The molecule has 0 radical (unpaired) electrons. The Morgan fingerprint density at radius 2 is 2.04 bits per heavy atom. The van der Waals surface area contributed by atoms with Crippen LogP contribution in [0.4, 0.5) is 0 Å². The molecule has 2 rings (SSSR count). The Morgan fingerprint density at radius 3 is 2.71 bits per heavy atom. The Labute approximate surface area is 142 Å². The SMILES string of the molecule is COCCCNC(=O)/C=C(\C)c1cc2c(C)c(C)oc2cc1OC. The third-order valence-electron chi connectivity index (χ3n) is 4.09. The number of benzene rings is 1. The number of nitrogens with one attached hydrogen (secondary N) is 1. The van der Waals surface area contributed by atoms with E-state index in [0.717, 1.165) is 39.9 Å². The van der Waals surface area contributed by atoms with E-state index in [1.807, 2.05) is 32.9 Å². The van der Waals surface area contributed by atoms with E-state index in [0.29, 0.717) is 18.9 Å². The van der Waals surface area contributed by atoms with Gasteiger partial charge >= 0.3 is 0 Å². The molecule has 0 unspecified atom stereocenters. The highest BCUT2D eigenvalue weighted by atomic mass is 16.5. The number of carbonyl (C=O) groups excluding carboxylic acids is 1. The van der Waals surface area contributed by atoms with Gasteiger partial charge in [0.15, 0.2) is 0 Å². The van der Waals surface area contributed by atoms with Gasteiger partial charge in [-0.05, 0) is 44.4 Å². The zero-order chi connectivity index (χ0) is 17.7. The predicted octanol–water partition coefficient (Wildman–Crippen LogP) is 3.61. The van der Waals surface area contributed by atoms with Gasteiger partial charge < -0.3 is 19.2 Å². The normalized spacial score (nSPS) is 11.8. The Balaban J connectivity index is 2.27. The molecule has 0 atom stereocenters. The minimum atomic E-state index is -0.120. The number of hydrogen-bond acceptors (Lipinski definition) is 4. The molecule has 1 aromatic carbocycles. The summed E-state index contributed by atoms with van der Waals surface area (Å²) < 4.78 is 16.2. The number of rotatable bonds is 7. The Kier molecular flexibility index (Phi) is 6.04. The van der Waals surface area contributed by atoms with Crippen LogP contribution in [0.2, 0.25) is 0 Å². The molecular weight excluding hydrogens is 306 g/mol. The number of allylic oxidation sites excluding steroid dienone is 1. The maximum absolute atomic E-state index is 12.0. The topological polar surface area (TPSA) is 60.7 Å². The summed E-state index contributed by atoms with van der Waals surface area (Å²) in [5.74, 6) is 1.46. The van der Waals surface area contributed by atoms with Crippen LogP contribution in [-0.4, -0.2) is 33.3 Å². The average molecular weight is 331 g/mol. The average Bonchev–Trinajstić information content (AvgIpc) is 2.84. The zero-order valence-corrected chi connectivity index (χ0v) is 15.0. The van der Waals surface area contributed by atoms with Crippen molar-refractivity contribution in [3.05, 3.63) is 35.1 Å². The number of ether oxygens (including phenoxy) is 2. The summed E-state index contributed by atoms with van der Waals surface area (Å²) in [6, 6.07) is 3.89. The molecule has 5 nitrogen and oxygen atoms in total. The molecule has 0 aliphatic carbocycles. The summed E-state index contributed by atoms with van der Waals surface area (Å²) in [6.45, 7) is 7.09. The fourth-order valence-electron chi connectivity index (χ4n) is 2.60. The number of methoxy groups -OCH3 is 2. The van der Waals surface area contributed by atoms with Gasteiger partial charge in [-0.25, -0.2) is 0 Å². The molecule has 0 aliphatic rings. The lowest BCUT2D eigenvalue weighted by atomic mass is 10.0. The molecule has 0 bridgehead atoms. The third-order valence-corrected chi connectivity index (χ3v) is 4.09. The second kappa shape index (κ2) is 8.02. The fourth-order valence-corrected chi connectivity index (χ4v) is 2.60. The van der Waals surface area contributed by atoms with Gasteiger partial charge in [0.05, 0.1) is 7.11 Å². The molecule has 1 heterocycles. The van der Waals surface area contributed by atoms with Crippen molar-refractivity contribution in [2.45, 2.75) is 27.2 Å². The van der Waals surface area contributed by atoms with Crippen molar-refractivity contribution >= 4 is 22.4 Å². The number of hydrogen-bond donors (Lipinski definition) is 1. The minimum Gasteiger partial charge on any atom is -0.496 e. The number of aryl methyl sites for hydroxylation is 2. The van der Waals surface area contributed by atoms with Crippen molar-refractivity contribution in [2.24, 2.45) is 0 Å². The highest BCUT2D eigenvalue weighted by molar-refractivity contribution is 5.97. The fraction of sp³-hybridized carbons (Fsp3) is 0.421. The zero-order valence-electron chi connectivity index (χ0n) is 15.0. The van der Waals surface area contributed by atoms with Gasteiger partial charge in [0.2, 0.25) is 5.91 Å². The second-order valence-corrected chi connectivity index (χ2v) is 5.80. The van der Waals surface area contributed by atoms with Crippen LogP contribution < -0.4 is 10.1 Å². The Morgan fingerprint density at radius 1 is 1.29 bits per heavy atom. The quantitative estimate of drug-likeness (QED) is 0.622. The number of fused-ring (bicyclic) bond motifs is 1. The van der Waals surface area contributed by atoms with E-state index in [4.69, 9.17) is 13.9 Å². The van der Waals surface area contributed by atoms with E-state index in [-0.39, 0.29) is 5.91 Å². The van der Waals surface area contributed by atoms with Crippen molar-refractivity contribution < 1.29 is 18.7 Å². The minimum absolute atomic E-state index is 0.120. The molecule has 24 heavy (non-hydrogen) atoms. The predicted molar refractivity (Wildman–Crippen MR) is 95.4 cm³/mol. The Bertz CT molecular complexity index is 758. The van der Waals surface area contributed by atoms with Crippen LogP contribution in [-0.2, 0) is 9.53 Å².